The van der Waals surface area contributed by atoms with Crippen LogP contribution in [-0.4, -0.2) is 33.9 Å². The molecule has 0 saturated carbocycles. The van der Waals surface area contributed by atoms with E-state index in [9.17, 15) is 10.4 Å². The van der Waals surface area contributed by atoms with Gasteiger partial charge in [-0.1, -0.05) is 36.4 Å². The third-order valence-electron chi connectivity index (χ3n) is 7.95. The first-order valence-electron chi connectivity index (χ1n) is 14.1. The molecule has 0 amide bonds. The molecule has 2 aromatic heterocycles. The number of aromatic nitrogens is 3. The van der Waals surface area contributed by atoms with Crippen molar-refractivity contribution in [3.05, 3.63) is 106 Å². The summed E-state index contributed by atoms with van der Waals surface area (Å²) in [6.45, 7) is 3.11. The van der Waals surface area contributed by atoms with Crippen molar-refractivity contribution in [2.75, 3.05) is 19.1 Å². The van der Waals surface area contributed by atoms with Crippen molar-refractivity contribution in [1.29, 1.82) is 5.26 Å². The Balaban J connectivity index is 1.55. The van der Waals surface area contributed by atoms with Gasteiger partial charge in [-0.2, -0.15) is 10.2 Å². The zero-order valence-electron chi connectivity index (χ0n) is 24.0. The summed E-state index contributed by atoms with van der Waals surface area (Å²) in [5, 5.41) is 21.8. The molecule has 212 valence electrons. The van der Waals surface area contributed by atoms with Crippen LogP contribution in [0.4, 0.5) is 5.82 Å². The Morgan fingerprint density at radius 2 is 1.83 bits per heavy atom. The molecule has 1 aliphatic carbocycles. The van der Waals surface area contributed by atoms with Gasteiger partial charge in [-0.3, -0.25) is 4.57 Å². The molecule has 0 bridgehead atoms. The van der Waals surface area contributed by atoms with Crippen LogP contribution in [0.5, 0.6) is 11.5 Å². The predicted octanol–water partition coefficient (Wildman–Crippen LogP) is 6.19. The maximum atomic E-state index is 11.2. The number of ether oxygens (including phenoxy) is 2. The highest BCUT2D eigenvalue weighted by Crippen LogP contribution is 2.37. The minimum Gasteiger partial charge on any atom is -0.497 e. The molecule has 3 aromatic carbocycles. The first-order valence-corrected chi connectivity index (χ1v) is 14.1. The lowest BCUT2D eigenvalue weighted by Crippen LogP contribution is -2.28. The molecule has 5 aromatic rings. The van der Waals surface area contributed by atoms with Gasteiger partial charge in [0, 0.05) is 41.4 Å². The normalized spacial score (nSPS) is 14.3. The van der Waals surface area contributed by atoms with Crippen LogP contribution < -0.4 is 14.4 Å². The van der Waals surface area contributed by atoms with Crippen LogP contribution in [0.2, 0.25) is 0 Å². The van der Waals surface area contributed by atoms with Crippen molar-refractivity contribution >= 4 is 16.7 Å². The van der Waals surface area contributed by atoms with Crippen molar-refractivity contribution in [3.8, 4) is 23.5 Å². The van der Waals surface area contributed by atoms with Crippen LogP contribution in [-0.2, 0) is 19.5 Å². The van der Waals surface area contributed by atoms with E-state index in [0.29, 0.717) is 36.7 Å². The predicted molar refractivity (Wildman–Crippen MR) is 162 cm³/mol. The Morgan fingerprint density at radius 3 is 2.60 bits per heavy atom. The second kappa shape index (κ2) is 11.6. The quantitative estimate of drug-likeness (QED) is 0.242. The number of rotatable bonds is 8. The maximum Gasteiger partial charge on any atom is 0.236 e. The van der Waals surface area contributed by atoms with Gasteiger partial charge in [0.2, 0.25) is 5.95 Å². The molecule has 0 aliphatic heterocycles. The molecular weight excluding hydrogens is 526 g/mol. The molecule has 6 rings (SSSR count). The zero-order valence-corrected chi connectivity index (χ0v) is 24.0. The molecule has 0 fully saturated rings. The van der Waals surface area contributed by atoms with Crippen molar-refractivity contribution in [1.82, 2.24) is 14.5 Å². The van der Waals surface area contributed by atoms with E-state index < -0.39 is 6.10 Å². The second-order valence-electron chi connectivity index (χ2n) is 10.6. The summed E-state index contributed by atoms with van der Waals surface area (Å²) in [5.41, 5.74) is 6.12. The zero-order chi connectivity index (χ0) is 29.2. The van der Waals surface area contributed by atoms with E-state index in [-0.39, 0.29) is 0 Å². The van der Waals surface area contributed by atoms with Gasteiger partial charge in [0.15, 0.2) is 0 Å². The molecule has 8 nitrogen and oxygen atoms in total. The summed E-state index contributed by atoms with van der Waals surface area (Å²) in [7, 11) is 3.30. The number of hydrogen-bond donors (Lipinski definition) is 1. The van der Waals surface area contributed by atoms with Crippen molar-refractivity contribution in [2.24, 2.45) is 0 Å². The highest BCUT2D eigenvalue weighted by atomic mass is 16.5. The number of benzene rings is 3. The minimum atomic E-state index is -0.680. The van der Waals surface area contributed by atoms with Crippen LogP contribution >= 0.6 is 0 Å². The van der Waals surface area contributed by atoms with E-state index >= 15 is 0 Å². The molecule has 1 atom stereocenters. The Labute approximate surface area is 245 Å². The Kier molecular flexibility index (Phi) is 7.51. The fraction of sp³-hybridized carbons (Fsp3) is 0.265. The summed E-state index contributed by atoms with van der Waals surface area (Å²) < 4.78 is 13.2. The first kappa shape index (κ1) is 27.3. The lowest BCUT2D eigenvalue weighted by Gasteiger charge is -2.31. The lowest BCUT2D eigenvalue weighted by atomic mass is 9.93. The van der Waals surface area contributed by atoms with Crippen LogP contribution in [0, 0.1) is 18.3 Å². The number of aliphatic hydroxyl groups excluding tert-OH is 1. The van der Waals surface area contributed by atoms with Crippen LogP contribution in [0.25, 0.3) is 16.9 Å². The third-order valence-corrected chi connectivity index (χ3v) is 7.95. The van der Waals surface area contributed by atoms with E-state index in [1.54, 1.807) is 14.2 Å². The molecule has 42 heavy (non-hydrogen) atoms. The molecule has 2 heterocycles. The summed E-state index contributed by atoms with van der Waals surface area (Å²) in [5.74, 6) is 2.72. The Hall–Kier alpha value is -4.87. The van der Waals surface area contributed by atoms with Gasteiger partial charge in [0.25, 0.3) is 0 Å². The molecule has 1 N–H and O–H groups in total. The van der Waals surface area contributed by atoms with Crippen molar-refractivity contribution in [3.63, 3.8) is 0 Å². The summed E-state index contributed by atoms with van der Waals surface area (Å²) in [4.78, 5) is 12.4. The Bertz CT molecular complexity index is 1790. The maximum absolute atomic E-state index is 11.2. The van der Waals surface area contributed by atoms with E-state index in [0.717, 1.165) is 63.4 Å². The van der Waals surface area contributed by atoms with E-state index in [2.05, 4.69) is 23.1 Å². The van der Waals surface area contributed by atoms with Gasteiger partial charge in [-0.05, 0) is 62.1 Å². The number of nitrogens with zero attached hydrogens (tertiary/aromatic N) is 5. The number of nitriles is 1. The van der Waals surface area contributed by atoms with Crippen LogP contribution in [0.3, 0.4) is 0 Å². The summed E-state index contributed by atoms with van der Waals surface area (Å²) in [6, 6.07) is 26.1. The monoisotopic (exact) mass is 559 g/mol. The first-order chi connectivity index (χ1) is 20.5. The SMILES string of the molecule is COc1ccc(CN(Cc2ccccc2)c2nc(-n3c(C)cc4c(C#N)cccc43)nc3c2CCC[C@@H]3O)c(OC)c1. The molecule has 0 spiro atoms. The average molecular weight is 560 g/mol. The van der Waals surface area contributed by atoms with Gasteiger partial charge in [0.1, 0.15) is 17.3 Å². The average Bonchev–Trinajstić information content (AvgIpc) is 3.37. The van der Waals surface area contributed by atoms with Gasteiger partial charge in [-0.25, -0.2) is 4.98 Å². The number of hydrogen-bond acceptors (Lipinski definition) is 7. The van der Waals surface area contributed by atoms with E-state index in [1.165, 1.54) is 0 Å². The standard InChI is InChI=1S/C34H33N5O3/c1-22-17-28-24(19-35)11-7-13-29(28)39(22)34-36-32-27(12-8-14-30(32)40)33(37-34)38(20-23-9-5-4-6-10-23)21-25-15-16-26(41-2)18-31(25)42-3/h4-7,9-11,13,15-18,30,40H,8,12,14,20-21H2,1-3H3/t30-/m0/s1. The van der Waals surface area contributed by atoms with Crippen molar-refractivity contribution in [2.45, 2.75) is 45.4 Å². The van der Waals surface area contributed by atoms with Gasteiger partial charge in [0.05, 0.1) is 43.2 Å². The van der Waals surface area contributed by atoms with Crippen LogP contribution in [0.1, 0.15) is 52.6 Å². The number of aliphatic hydroxyl groups is 1. The van der Waals surface area contributed by atoms with Crippen molar-refractivity contribution < 1.29 is 14.6 Å². The molecule has 0 radical (unpaired) electrons. The smallest absolute Gasteiger partial charge is 0.236 e. The largest absolute Gasteiger partial charge is 0.497 e. The topological polar surface area (TPSA) is 96.4 Å². The van der Waals surface area contributed by atoms with E-state index in [4.69, 9.17) is 19.4 Å². The molecule has 0 saturated heterocycles. The number of aryl methyl sites for hydroxylation is 1. The molecule has 8 heteroatoms. The molecule has 0 unspecified atom stereocenters. The van der Waals surface area contributed by atoms with Crippen LogP contribution in [0.15, 0.2) is 72.8 Å². The number of methoxy groups -OCH3 is 2. The lowest BCUT2D eigenvalue weighted by molar-refractivity contribution is 0.151. The summed E-state index contributed by atoms with van der Waals surface area (Å²) >= 11 is 0. The molecule has 1 aliphatic rings. The Morgan fingerprint density at radius 1 is 1.00 bits per heavy atom. The highest BCUT2D eigenvalue weighted by Gasteiger charge is 2.29. The third kappa shape index (κ3) is 5.04. The van der Waals surface area contributed by atoms with Gasteiger partial charge in [-0.15, -0.1) is 0 Å². The van der Waals surface area contributed by atoms with Gasteiger partial charge < -0.3 is 19.5 Å². The fourth-order valence-electron chi connectivity index (χ4n) is 5.89. The van der Waals surface area contributed by atoms with E-state index in [1.807, 2.05) is 72.2 Å². The minimum absolute atomic E-state index is 0.479. The summed E-state index contributed by atoms with van der Waals surface area (Å²) in [6.07, 6.45) is 1.60. The number of anilines is 1. The fourth-order valence-corrected chi connectivity index (χ4v) is 5.89. The second-order valence-corrected chi connectivity index (χ2v) is 10.6. The van der Waals surface area contributed by atoms with Gasteiger partial charge >= 0.3 is 0 Å². The molecular formula is C34H33N5O3. The number of fused-ring (bicyclic) bond motifs is 2. The highest BCUT2D eigenvalue weighted by molar-refractivity contribution is 5.88.